The molecule has 0 bridgehead atoms. The molecular formula is C30H33N3O4. The number of ether oxygens (including phenoxy) is 3. The standard InChI is InChI=1S/C30H33N3O4/c1-18-14-20(8-11-26(18)35-3)30(34)31-21-9-6-19(7-10-21)29-23-16-28(37-5)27(36-4)15-22(23)24-17-33(2)13-12-25(24)32-29/h6-11,14-16,24-25H,12-13,17H2,1-5H3,(H,31,34)/t24-,25-/m1/s1. The minimum atomic E-state index is -0.162. The first-order chi connectivity index (χ1) is 17.9. The van der Waals surface area contributed by atoms with Crippen molar-refractivity contribution in [3.63, 3.8) is 0 Å². The fourth-order valence-corrected chi connectivity index (χ4v) is 5.37. The quantitative estimate of drug-likeness (QED) is 0.522. The summed E-state index contributed by atoms with van der Waals surface area (Å²) in [6.07, 6.45) is 1.01. The van der Waals surface area contributed by atoms with Gasteiger partial charge in [-0.3, -0.25) is 9.79 Å². The molecule has 1 N–H and O–H groups in total. The van der Waals surface area contributed by atoms with Crippen molar-refractivity contribution in [2.24, 2.45) is 4.99 Å². The first-order valence-corrected chi connectivity index (χ1v) is 12.5. The van der Waals surface area contributed by atoms with Crippen LogP contribution in [0.25, 0.3) is 0 Å². The van der Waals surface area contributed by atoms with Gasteiger partial charge in [0.15, 0.2) is 11.5 Å². The van der Waals surface area contributed by atoms with Crippen LogP contribution >= 0.6 is 0 Å². The molecule has 1 saturated heterocycles. The maximum absolute atomic E-state index is 12.8. The number of hydrogen-bond acceptors (Lipinski definition) is 6. The van der Waals surface area contributed by atoms with Crippen LogP contribution in [0, 0.1) is 6.92 Å². The lowest BCUT2D eigenvalue weighted by Gasteiger charge is -2.39. The highest BCUT2D eigenvalue weighted by molar-refractivity contribution is 6.15. The summed E-state index contributed by atoms with van der Waals surface area (Å²) in [5.41, 5.74) is 6.49. The Labute approximate surface area is 218 Å². The summed E-state index contributed by atoms with van der Waals surface area (Å²) in [4.78, 5) is 20.4. The average Bonchev–Trinajstić information content (AvgIpc) is 2.92. The molecule has 3 aromatic rings. The summed E-state index contributed by atoms with van der Waals surface area (Å²) in [7, 11) is 7.11. The minimum absolute atomic E-state index is 0.162. The maximum atomic E-state index is 12.8. The van der Waals surface area contributed by atoms with Crippen molar-refractivity contribution in [2.45, 2.75) is 25.3 Å². The Morgan fingerprint density at radius 1 is 0.946 bits per heavy atom. The Morgan fingerprint density at radius 2 is 1.65 bits per heavy atom. The van der Waals surface area contributed by atoms with Gasteiger partial charge in [-0.15, -0.1) is 0 Å². The normalized spacial score (nSPS) is 18.8. The highest BCUT2D eigenvalue weighted by atomic mass is 16.5. The van der Waals surface area contributed by atoms with E-state index in [4.69, 9.17) is 19.2 Å². The number of rotatable bonds is 6. The van der Waals surface area contributed by atoms with Crippen molar-refractivity contribution in [2.75, 3.05) is 46.8 Å². The molecule has 5 rings (SSSR count). The largest absolute Gasteiger partial charge is 0.496 e. The lowest BCUT2D eigenvalue weighted by atomic mass is 9.79. The molecule has 7 heteroatoms. The Hall–Kier alpha value is -3.84. The highest BCUT2D eigenvalue weighted by Crippen LogP contribution is 2.42. The summed E-state index contributed by atoms with van der Waals surface area (Å²) >= 11 is 0. The molecule has 0 spiro atoms. The van der Waals surface area contributed by atoms with E-state index in [0.717, 1.165) is 59.1 Å². The van der Waals surface area contributed by atoms with Crippen LogP contribution in [0.5, 0.6) is 17.2 Å². The van der Waals surface area contributed by atoms with E-state index in [1.54, 1.807) is 27.4 Å². The minimum Gasteiger partial charge on any atom is -0.496 e. The van der Waals surface area contributed by atoms with Crippen LogP contribution in [-0.2, 0) is 0 Å². The SMILES string of the molecule is COc1ccc(C(=O)Nc2ccc(C3=N[C@@H]4CCN(C)C[C@@H]4c4cc(OC)c(OC)cc43)cc2)cc1C. The van der Waals surface area contributed by atoms with Crippen LogP contribution in [0.3, 0.4) is 0 Å². The molecule has 1 amide bonds. The second-order valence-electron chi connectivity index (χ2n) is 9.71. The molecule has 1 fully saturated rings. The fraction of sp³-hybridized carbons (Fsp3) is 0.333. The second-order valence-corrected chi connectivity index (χ2v) is 9.71. The maximum Gasteiger partial charge on any atom is 0.255 e. The van der Waals surface area contributed by atoms with Gasteiger partial charge in [0.1, 0.15) is 5.75 Å². The molecular weight excluding hydrogens is 466 g/mol. The van der Waals surface area contributed by atoms with E-state index < -0.39 is 0 Å². The number of nitrogens with zero attached hydrogens (tertiary/aromatic N) is 2. The molecule has 0 aliphatic carbocycles. The third-order valence-electron chi connectivity index (χ3n) is 7.36. The van der Waals surface area contributed by atoms with Gasteiger partial charge in [0.2, 0.25) is 0 Å². The second kappa shape index (κ2) is 10.3. The van der Waals surface area contributed by atoms with Crippen molar-refractivity contribution in [3.8, 4) is 17.2 Å². The van der Waals surface area contributed by atoms with Gasteiger partial charge in [0, 0.05) is 34.8 Å². The monoisotopic (exact) mass is 499 g/mol. The number of likely N-dealkylation sites (N-methyl/N-ethyl adjacent to an activating group) is 1. The molecule has 7 nitrogen and oxygen atoms in total. The van der Waals surface area contributed by atoms with Gasteiger partial charge >= 0.3 is 0 Å². The van der Waals surface area contributed by atoms with E-state index in [1.165, 1.54) is 5.56 Å². The number of piperidine rings is 1. The van der Waals surface area contributed by atoms with Crippen molar-refractivity contribution < 1.29 is 19.0 Å². The number of aliphatic imine (C=N–C) groups is 1. The summed E-state index contributed by atoms with van der Waals surface area (Å²) < 4.78 is 16.6. The van der Waals surface area contributed by atoms with Crippen molar-refractivity contribution in [1.82, 2.24) is 4.90 Å². The van der Waals surface area contributed by atoms with Crippen LogP contribution in [0.4, 0.5) is 5.69 Å². The van der Waals surface area contributed by atoms with Crippen molar-refractivity contribution >= 4 is 17.3 Å². The third-order valence-corrected chi connectivity index (χ3v) is 7.36. The average molecular weight is 500 g/mol. The lowest BCUT2D eigenvalue weighted by Crippen LogP contribution is -2.41. The van der Waals surface area contributed by atoms with Crippen LogP contribution in [0.1, 0.15) is 45.0 Å². The molecule has 192 valence electrons. The summed E-state index contributed by atoms with van der Waals surface area (Å²) in [6, 6.07) is 17.7. The Balaban J connectivity index is 1.45. The predicted molar refractivity (Wildman–Crippen MR) is 146 cm³/mol. The van der Waals surface area contributed by atoms with Crippen LogP contribution in [0.2, 0.25) is 0 Å². The van der Waals surface area contributed by atoms with E-state index in [-0.39, 0.29) is 11.9 Å². The predicted octanol–water partition coefficient (Wildman–Crippen LogP) is 4.91. The number of nitrogens with one attached hydrogen (secondary N) is 1. The van der Waals surface area contributed by atoms with E-state index >= 15 is 0 Å². The zero-order chi connectivity index (χ0) is 26.1. The fourth-order valence-electron chi connectivity index (χ4n) is 5.37. The summed E-state index contributed by atoms with van der Waals surface area (Å²) in [5.74, 6) is 2.33. The Kier molecular flexibility index (Phi) is 6.89. The molecule has 0 aromatic heterocycles. The van der Waals surface area contributed by atoms with Gasteiger partial charge < -0.3 is 24.4 Å². The number of carbonyl (C=O) groups is 1. The van der Waals surface area contributed by atoms with Crippen molar-refractivity contribution in [1.29, 1.82) is 0 Å². The number of fused-ring (bicyclic) bond motifs is 3. The van der Waals surface area contributed by atoms with Gasteiger partial charge in [0.05, 0.1) is 33.1 Å². The van der Waals surface area contributed by atoms with Gasteiger partial charge in [-0.25, -0.2) is 0 Å². The Bertz CT molecular complexity index is 1350. The molecule has 2 aliphatic rings. The van der Waals surface area contributed by atoms with Gasteiger partial charge in [0.25, 0.3) is 5.91 Å². The Morgan fingerprint density at radius 3 is 2.32 bits per heavy atom. The topological polar surface area (TPSA) is 72.4 Å². The van der Waals surface area contributed by atoms with Crippen LogP contribution in [-0.4, -0.2) is 64.0 Å². The number of anilines is 1. The highest BCUT2D eigenvalue weighted by Gasteiger charge is 2.36. The van der Waals surface area contributed by atoms with E-state index in [2.05, 4.69) is 23.3 Å². The zero-order valence-electron chi connectivity index (χ0n) is 22.0. The smallest absolute Gasteiger partial charge is 0.255 e. The number of aryl methyl sites for hydroxylation is 1. The molecule has 0 unspecified atom stereocenters. The molecule has 2 atom stereocenters. The first-order valence-electron chi connectivity index (χ1n) is 12.5. The van der Waals surface area contributed by atoms with Gasteiger partial charge in [-0.2, -0.15) is 0 Å². The van der Waals surface area contributed by atoms with Gasteiger partial charge in [-0.05, 0) is 80.5 Å². The van der Waals surface area contributed by atoms with Crippen LogP contribution < -0.4 is 19.5 Å². The van der Waals surface area contributed by atoms with Gasteiger partial charge in [-0.1, -0.05) is 12.1 Å². The number of likely N-dealkylation sites (tertiary alicyclic amines) is 1. The van der Waals surface area contributed by atoms with E-state index in [0.29, 0.717) is 17.2 Å². The third kappa shape index (κ3) is 4.79. The van der Waals surface area contributed by atoms with Crippen molar-refractivity contribution in [3.05, 3.63) is 82.4 Å². The zero-order valence-corrected chi connectivity index (χ0v) is 22.0. The molecule has 0 saturated carbocycles. The molecule has 2 heterocycles. The lowest BCUT2D eigenvalue weighted by molar-refractivity contribution is 0.102. The summed E-state index contributed by atoms with van der Waals surface area (Å²) in [6.45, 7) is 3.91. The van der Waals surface area contributed by atoms with E-state index in [9.17, 15) is 4.79 Å². The van der Waals surface area contributed by atoms with E-state index in [1.807, 2.05) is 49.4 Å². The summed E-state index contributed by atoms with van der Waals surface area (Å²) in [5, 5.41) is 2.99. The first kappa shape index (κ1) is 24.8. The molecule has 2 aliphatic heterocycles. The molecule has 0 radical (unpaired) electrons. The molecule has 37 heavy (non-hydrogen) atoms. The number of carbonyl (C=O) groups excluding carboxylic acids is 1. The molecule has 3 aromatic carbocycles. The number of methoxy groups -OCH3 is 3. The number of hydrogen-bond donors (Lipinski definition) is 1. The number of amides is 1. The van der Waals surface area contributed by atoms with Crippen LogP contribution in [0.15, 0.2) is 59.6 Å². The number of benzene rings is 3.